The maximum absolute atomic E-state index is 14.9. The molecule has 2 aliphatic heterocycles. The second-order valence-corrected chi connectivity index (χ2v) is 9.37. The number of ether oxygens (including phenoxy) is 1. The standard InChI is InChI=1S/C26H25F2N5O2/c1-35-21-4-2-3-18(27)24(21)25-17-11-33(26(34)16(17)7-8-30-25)23-10-15(14-5-6-14)9-22(31-23)32-12-19(28)20(29)13-32/h2-4,7-10,14,19-20H,5-6,11-13,29H2,1H3/t19-,20-/m0/s1. The molecule has 0 radical (unpaired) electrons. The fourth-order valence-corrected chi connectivity index (χ4v) is 4.98. The molecule has 2 atom stereocenters. The third-order valence-electron chi connectivity index (χ3n) is 7.04. The summed E-state index contributed by atoms with van der Waals surface area (Å²) in [4.78, 5) is 26.1. The summed E-state index contributed by atoms with van der Waals surface area (Å²) in [5.74, 6) is 1.17. The van der Waals surface area contributed by atoms with Gasteiger partial charge in [0, 0.05) is 23.9 Å². The van der Waals surface area contributed by atoms with E-state index in [2.05, 4.69) is 4.98 Å². The van der Waals surface area contributed by atoms with Crippen LogP contribution in [0.15, 0.2) is 42.6 Å². The number of fused-ring (bicyclic) bond motifs is 1. The summed E-state index contributed by atoms with van der Waals surface area (Å²) >= 11 is 0. The molecular formula is C26H25F2N5O2. The lowest BCUT2D eigenvalue weighted by molar-refractivity contribution is 0.0996. The van der Waals surface area contributed by atoms with Crippen molar-refractivity contribution in [2.45, 2.75) is 37.5 Å². The van der Waals surface area contributed by atoms with Crippen molar-refractivity contribution in [1.29, 1.82) is 0 Å². The number of pyridine rings is 2. The molecule has 180 valence electrons. The monoisotopic (exact) mass is 477 g/mol. The van der Waals surface area contributed by atoms with E-state index in [1.54, 1.807) is 23.1 Å². The normalized spacial score (nSPS) is 21.5. The van der Waals surface area contributed by atoms with Gasteiger partial charge in [0.1, 0.15) is 29.4 Å². The number of rotatable bonds is 5. The van der Waals surface area contributed by atoms with Crippen molar-refractivity contribution in [1.82, 2.24) is 9.97 Å². The van der Waals surface area contributed by atoms with Crippen molar-refractivity contribution in [3.63, 3.8) is 0 Å². The molecule has 3 aliphatic rings. The van der Waals surface area contributed by atoms with E-state index in [9.17, 15) is 13.6 Å². The Morgan fingerprint density at radius 1 is 1.14 bits per heavy atom. The summed E-state index contributed by atoms with van der Waals surface area (Å²) < 4.78 is 34.4. The number of methoxy groups -OCH3 is 1. The average molecular weight is 478 g/mol. The summed E-state index contributed by atoms with van der Waals surface area (Å²) in [6.45, 7) is 0.745. The van der Waals surface area contributed by atoms with Crippen LogP contribution in [0.4, 0.5) is 20.4 Å². The van der Waals surface area contributed by atoms with Gasteiger partial charge in [-0.15, -0.1) is 0 Å². The zero-order valence-corrected chi connectivity index (χ0v) is 19.2. The Morgan fingerprint density at radius 3 is 2.66 bits per heavy atom. The molecule has 7 nitrogen and oxygen atoms in total. The van der Waals surface area contributed by atoms with E-state index in [4.69, 9.17) is 15.5 Å². The molecular weight excluding hydrogens is 452 g/mol. The van der Waals surface area contributed by atoms with Crippen LogP contribution in [0, 0.1) is 5.82 Å². The number of benzene rings is 1. The number of carbonyl (C=O) groups excluding carboxylic acids is 1. The number of anilines is 2. The molecule has 6 rings (SSSR count). The molecule has 1 saturated carbocycles. The smallest absolute Gasteiger partial charge is 0.260 e. The maximum Gasteiger partial charge on any atom is 0.260 e. The minimum atomic E-state index is -1.12. The number of alkyl halides is 1. The molecule has 0 unspecified atom stereocenters. The Balaban J connectivity index is 1.41. The van der Waals surface area contributed by atoms with Gasteiger partial charge in [-0.3, -0.25) is 14.7 Å². The maximum atomic E-state index is 14.9. The fraction of sp³-hybridized carbons (Fsp3) is 0.346. The Labute approximate surface area is 201 Å². The van der Waals surface area contributed by atoms with Gasteiger partial charge in [-0.25, -0.2) is 13.8 Å². The topological polar surface area (TPSA) is 84.6 Å². The van der Waals surface area contributed by atoms with Gasteiger partial charge < -0.3 is 15.4 Å². The van der Waals surface area contributed by atoms with Gasteiger partial charge in [0.05, 0.1) is 37.5 Å². The van der Waals surface area contributed by atoms with Crippen molar-refractivity contribution in [3.8, 4) is 17.0 Å². The highest BCUT2D eigenvalue weighted by molar-refractivity contribution is 6.10. The van der Waals surface area contributed by atoms with E-state index in [-0.39, 0.29) is 24.6 Å². The highest BCUT2D eigenvalue weighted by atomic mass is 19.1. The zero-order valence-electron chi connectivity index (χ0n) is 19.2. The summed E-state index contributed by atoms with van der Waals surface area (Å²) in [5, 5.41) is 0. The molecule has 1 amide bonds. The Bertz CT molecular complexity index is 1320. The van der Waals surface area contributed by atoms with Gasteiger partial charge in [-0.2, -0.15) is 0 Å². The van der Waals surface area contributed by atoms with E-state index in [1.807, 2.05) is 17.0 Å². The Hall–Kier alpha value is -3.59. The summed E-state index contributed by atoms with van der Waals surface area (Å²) in [7, 11) is 1.47. The SMILES string of the molecule is COc1cccc(F)c1-c1nccc2c1CN(c1cc(C3CC3)cc(N3C[C@H](N)[C@@H](F)C3)n1)C2=O. The lowest BCUT2D eigenvalue weighted by Gasteiger charge is -2.22. The molecule has 0 bridgehead atoms. The van der Waals surface area contributed by atoms with E-state index < -0.39 is 18.0 Å². The first-order valence-electron chi connectivity index (χ1n) is 11.7. The van der Waals surface area contributed by atoms with E-state index in [1.165, 1.54) is 19.4 Å². The molecule has 9 heteroatoms. The molecule has 1 saturated heterocycles. The second-order valence-electron chi connectivity index (χ2n) is 9.37. The van der Waals surface area contributed by atoms with Crippen molar-refractivity contribution >= 4 is 17.5 Å². The summed E-state index contributed by atoms with van der Waals surface area (Å²) in [5.41, 5.74) is 8.66. The lowest BCUT2D eigenvalue weighted by atomic mass is 10.0. The number of aromatic nitrogens is 2. The third kappa shape index (κ3) is 3.70. The highest BCUT2D eigenvalue weighted by Crippen LogP contribution is 2.44. The molecule has 3 aromatic rings. The van der Waals surface area contributed by atoms with Crippen molar-refractivity contribution in [2.24, 2.45) is 5.73 Å². The minimum absolute atomic E-state index is 0.178. The van der Waals surface area contributed by atoms with E-state index in [0.29, 0.717) is 46.7 Å². The predicted molar refractivity (Wildman–Crippen MR) is 128 cm³/mol. The number of amides is 1. The van der Waals surface area contributed by atoms with Gasteiger partial charge in [-0.05, 0) is 54.7 Å². The lowest BCUT2D eigenvalue weighted by Crippen LogP contribution is -2.30. The minimum Gasteiger partial charge on any atom is -0.496 e. The third-order valence-corrected chi connectivity index (χ3v) is 7.04. The first-order chi connectivity index (χ1) is 16.9. The van der Waals surface area contributed by atoms with Crippen LogP contribution in [0.2, 0.25) is 0 Å². The molecule has 1 aromatic carbocycles. The van der Waals surface area contributed by atoms with Crippen LogP contribution >= 0.6 is 0 Å². The van der Waals surface area contributed by atoms with E-state index in [0.717, 1.165) is 18.4 Å². The number of nitrogens with zero attached hydrogens (tertiary/aromatic N) is 4. The van der Waals surface area contributed by atoms with Crippen LogP contribution < -0.4 is 20.3 Å². The van der Waals surface area contributed by atoms with Crippen molar-refractivity contribution in [2.75, 3.05) is 30.0 Å². The van der Waals surface area contributed by atoms with Crippen LogP contribution in [0.25, 0.3) is 11.3 Å². The number of nitrogens with two attached hydrogens (primary N) is 1. The molecule has 4 heterocycles. The highest BCUT2D eigenvalue weighted by Gasteiger charge is 2.36. The van der Waals surface area contributed by atoms with Crippen LogP contribution in [0.3, 0.4) is 0 Å². The summed E-state index contributed by atoms with van der Waals surface area (Å²) in [6, 6.07) is 9.58. The molecule has 2 fully saturated rings. The van der Waals surface area contributed by atoms with Gasteiger partial charge >= 0.3 is 0 Å². The molecule has 2 N–H and O–H groups in total. The quantitative estimate of drug-likeness (QED) is 0.602. The second kappa shape index (κ2) is 8.27. The van der Waals surface area contributed by atoms with Gasteiger partial charge in [0.15, 0.2) is 0 Å². The first kappa shape index (κ1) is 21.9. The number of carbonyl (C=O) groups is 1. The van der Waals surface area contributed by atoms with Crippen molar-refractivity contribution < 1.29 is 18.3 Å². The Kier molecular flexibility index (Phi) is 5.17. The first-order valence-corrected chi connectivity index (χ1v) is 11.7. The Morgan fingerprint density at radius 2 is 1.94 bits per heavy atom. The van der Waals surface area contributed by atoms with Crippen molar-refractivity contribution in [3.05, 3.63) is 65.1 Å². The van der Waals surface area contributed by atoms with Crippen LogP contribution in [-0.2, 0) is 6.54 Å². The number of halogens is 2. The number of hydrogen-bond acceptors (Lipinski definition) is 6. The van der Waals surface area contributed by atoms with Crippen LogP contribution in [-0.4, -0.2) is 48.3 Å². The predicted octanol–water partition coefficient (Wildman–Crippen LogP) is 3.81. The molecule has 1 aliphatic carbocycles. The largest absolute Gasteiger partial charge is 0.496 e. The summed E-state index contributed by atoms with van der Waals surface area (Å²) in [6.07, 6.45) is 2.54. The van der Waals surface area contributed by atoms with Gasteiger partial charge in [0.2, 0.25) is 0 Å². The zero-order chi connectivity index (χ0) is 24.3. The van der Waals surface area contributed by atoms with Gasteiger partial charge in [0.25, 0.3) is 5.91 Å². The van der Waals surface area contributed by atoms with Gasteiger partial charge in [-0.1, -0.05) is 6.07 Å². The van der Waals surface area contributed by atoms with Crippen LogP contribution in [0.5, 0.6) is 5.75 Å². The van der Waals surface area contributed by atoms with Crippen LogP contribution in [0.1, 0.15) is 40.2 Å². The average Bonchev–Trinajstić information content (AvgIpc) is 3.59. The molecule has 2 aromatic heterocycles. The van der Waals surface area contributed by atoms with E-state index >= 15 is 0 Å². The molecule has 35 heavy (non-hydrogen) atoms. The number of hydrogen-bond donors (Lipinski definition) is 1. The fourth-order valence-electron chi connectivity index (χ4n) is 4.98. The molecule has 0 spiro atoms.